The second-order valence-electron chi connectivity index (χ2n) is 8.41. The van der Waals surface area contributed by atoms with Crippen molar-refractivity contribution in [1.29, 1.82) is 0 Å². The van der Waals surface area contributed by atoms with Gasteiger partial charge >= 0.3 is 0 Å². The standard InChI is InChI=1S/C23H38N4O2.HI/c1-18(2)27-12-8-21(9-13-27)26-23(24-3)25-16-19-4-6-20(7-5-19)17-29-22-10-14-28-15-11-22;/h4-7,18,21-22H,8-17H2,1-3H3,(H2,24,25,26);1H. The van der Waals surface area contributed by atoms with Gasteiger partial charge in [-0.05, 0) is 50.7 Å². The minimum absolute atomic E-state index is 0. The van der Waals surface area contributed by atoms with Crippen LogP contribution in [-0.4, -0.2) is 62.4 Å². The van der Waals surface area contributed by atoms with Gasteiger partial charge in [0, 0.05) is 52.0 Å². The van der Waals surface area contributed by atoms with Crippen molar-refractivity contribution in [2.24, 2.45) is 4.99 Å². The van der Waals surface area contributed by atoms with E-state index >= 15 is 0 Å². The van der Waals surface area contributed by atoms with Crippen LogP contribution < -0.4 is 10.6 Å². The molecule has 2 saturated heterocycles. The van der Waals surface area contributed by atoms with Gasteiger partial charge in [0.05, 0.1) is 12.7 Å². The average Bonchev–Trinajstić information content (AvgIpc) is 2.77. The van der Waals surface area contributed by atoms with Gasteiger partial charge in [-0.3, -0.25) is 4.99 Å². The number of halogens is 1. The van der Waals surface area contributed by atoms with Crippen molar-refractivity contribution in [1.82, 2.24) is 15.5 Å². The van der Waals surface area contributed by atoms with Crippen molar-refractivity contribution in [3.63, 3.8) is 0 Å². The molecule has 170 valence electrons. The lowest BCUT2D eigenvalue weighted by molar-refractivity contribution is -0.0390. The fourth-order valence-corrected chi connectivity index (χ4v) is 3.94. The molecule has 30 heavy (non-hydrogen) atoms. The Balaban J connectivity index is 0.00000320. The zero-order valence-electron chi connectivity index (χ0n) is 18.7. The van der Waals surface area contributed by atoms with Gasteiger partial charge in [-0.2, -0.15) is 0 Å². The Kier molecular flexibility index (Phi) is 11.4. The first-order valence-corrected chi connectivity index (χ1v) is 11.1. The third kappa shape index (κ3) is 8.32. The molecule has 0 amide bonds. The molecule has 2 aliphatic heterocycles. The number of hydrogen-bond donors (Lipinski definition) is 2. The highest BCUT2D eigenvalue weighted by molar-refractivity contribution is 14.0. The summed E-state index contributed by atoms with van der Waals surface area (Å²) >= 11 is 0. The van der Waals surface area contributed by atoms with Crippen molar-refractivity contribution < 1.29 is 9.47 Å². The van der Waals surface area contributed by atoms with Gasteiger partial charge in [-0.25, -0.2) is 0 Å². The van der Waals surface area contributed by atoms with Crippen LogP contribution in [0.15, 0.2) is 29.3 Å². The lowest BCUT2D eigenvalue weighted by Crippen LogP contribution is -2.49. The quantitative estimate of drug-likeness (QED) is 0.321. The zero-order chi connectivity index (χ0) is 20.5. The Morgan fingerprint density at radius 2 is 1.73 bits per heavy atom. The molecule has 2 N–H and O–H groups in total. The number of aliphatic imine (C=N–C) groups is 1. The molecule has 0 bridgehead atoms. The summed E-state index contributed by atoms with van der Waals surface area (Å²) in [6.07, 6.45) is 4.68. The van der Waals surface area contributed by atoms with Crippen molar-refractivity contribution in [2.75, 3.05) is 33.4 Å². The van der Waals surface area contributed by atoms with Crippen LogP contribution in [-0.2, 0) is 22.6 Å². The lowest BCUT2D eigenvalue weighted by Gasteiger charge is -2.35. The van der Waals surface area contributed by atoms with E-state index in [1.54, 1.807) is 0 Å². The predicted octanol–water partition coefficient (Wildman–Crippen LogP) is 3.54. The highest BCUT2D eigenvalue weighted by Crippen LogP contribution is 2.15. The van der Waals surface area contributed by atoms with Crippen LogP contribution >= 0.6 is 24.0 Å². The number of benzene rings is 1. The second-order valence-corrected chi connectivity index (χ2v) is 8.41. The first-order chi connectivity index (χ1) is 14.1. The molecule has 2 aliphatic rings. The molecule has 1 aromatic rings. The Morgan fingerprint density at radius 3 is 2.33 bits per heavy atom. The van der Waals surface area contributed by atoms with Crippen molar-refractivity contribution >= 4 is 29.9 Å². The molecule has 0 unspecified atom stereocenters. The van der Waals surface area contributed by atoms with Gasteiger partial charge in [-0.15, -0.1) is 24.0 Å². The molecule has 6 nitrogen and oxygen atoms in total. The summed E-state index contributed by atoms with van der Waals surface area (Å²) in [4.78, 5) is 6.94. The lowest BCUT2D eigenvalue weighted by atomic mass is 10.0. The molecule has 0 aromatic heterocycles. The minimum Gasteiger partial charge on any atom is -0.381 e. The fourth-order valence-electron chi connectivity index (χ4n) is 3.94. The monoisotopic (exact) mass is 530 g/mol. The summed E-state index contributed by atoms with van der Waals surface area (Å²) < 4.78 is 11.4. The van der Waals surface area contributed by atoms with E-state index in [0.717, 1.165) is 51.6 Å². The summed E-state index contributed by atoms with van der Waals surface area (Å²) in [5.74, 6) is 0.889. The summed E-state index contributed by atoms with van der Waals surface area (Å²) in [6, 6.07) is 9.80. The Morgan fingerprint density at radius 1 is 1.10 bits per heavy atom. The van der Waals surface area contributed by atoms with Gasteiger partial charge in [0.25, 0.3) is 0 Å². The molecule has 7 heteroatoms. The maximum absolute atomic E-state index is 6.00. The second kappa shape index (κ2) is 13.5. The molecule has 0 radical (unpaired) electrons. The van der Waals surface area contributed by atoms with Crippen LogP contribution in [0.4, 0.5) is 0 Å². The van der Waals surface area contributed by atoms with Gasteiger partial charge < -0.3 is 25.0 Å². The van der Waals surface area contributed by atoms with Crippen LogP contribution in [0, 0.1) is 0 Å². The van der Waals surface area contributed by atoms with Crippen LogP contribution in [0.3, 0.4) is 0 Å². The van der Waals surface area contributed by atoms with Crippen LogP contribution in [0.2, 0.25) is 0 Å². The number of ether oxygens (including phenoxy) is 2. The number of rotatable bonds is 7. The first kappa shape index (κ1) is 25.4. The molecule has 3 rings (SSSR count). The van der Waals surface area contributed by atoms with Gasteiger partial charge in [0.15, 0.2) is 5.96 Å². The van der Waals surface area contributed by atoms with Crippen LogP contribution in [0.1, 0.15) is 50.7 Å². The van der Waals surface area contributed by atoms with Gasteiger partial charge in [0.1, 0.15) is 0 Å². The van der Waals surface area contributed by atoms with E-state index in [9.17, 15) is 0 Å². The van der Waals surface area contributed by atoms with E-state index in [4.69, 9.17) is 9.47 Å². The van der Waals surface area contributed by atoms with E-state index in [-0.39, 0.29) is 24.0 Å². The molecule has 0 saturated carbocycles. The van der Waals surface area contributed by atoms with Crippen LogP contribution in [0.25, 0.3) is 0 Å². The fraction of sp³-hybridized carbons (Fsp3) is 0.696. The number of nitrogens with one attached hydrogen (secondary N) is 2. The molecular weight excluding hydrogens is 491 g/mol. The molecule has 1 aromatic carbocycles. The van der Waals surface area contributed by atoms with Crippen molar-refractivity contribution in [3.8, 4) is 0 Å². The predicted molar refractivity (Wildman–Crippen MR) is 134 cm³/mol. The number of nitrogens with zero attached hydrogens (tertiary/aromatic N) is 2. The summed E-state index contributed by atoms with van der Waals surface area (Å²) in [5.41, 5.74) is 2.47. The van der Waals surface area contributed by atoms with E-state index < -0.39 is 0 Å². The maximum atomic E-state index is 6.00. The number of hydrogen-bond acceptors (Lipinski definition) is 4. The molecule has 0 aliphatic carbocycles. The minimum atomic E-state index is 0. The largest absolute Gasteiger partial charge is 0.381 e. The third-order valence-corrected chi connectivity index (χ3v) is 5.96. The number of piperidine rings is 1. The van der Waals surface area contributed by atoms with Crippen molar-refractivity contribution in [3.05, 3.63) is 35.4 Å². The van der Waals surface area contributed by atoms with E-state index in [1.807, 2.05) is 7.05 Å². The Bertz CT molecular complexity index is 625. The average molecular weight is 530 g/mol. The first-order valence-electron chi connectivity index (χ1n) is 11.1. The van der Waals surface area contributed by atoms with E-state index in [0.29, 0.717) is 24.8 Å². The third-order valence-electron chi connectivity index (χ3n) is 5.96. The topological polar surface area (TPSA) is 58.1 Å². The molecular formula is C23H39IN4O2. The van der Waals surface area contributed by atoms with Gasteiger partial charge in [0.2, 0.25) is 0 Å². The molecule has 2 heterocycles. The van der Waals surface area contributed by atoms with Crippen molar-refractivity contribution in [2.45, 2.75) is 70.9 Å². The van der Waals surface area contributed by atoms with E-state index in [2.05, 4.69) is 58.6 Å². The van der Waals surface area contributed by atoms with Gasteiger partial charge in [-0.1, -0.05) is 24.3 Å². The highest BCUT2D eigenvalue weighted by Gasteiger charge is 2.21. The molecule has 2 fully saturated rings. The molecule has 0 atom stereocenters. The smallest absolute Gasteiger partial charge is 0.191 e. The SMILES string of the molecule is CN=C(NCc1ccc(COC2CCOCC2)cc1)NC1CCN(C(C)C)CC1.I. The summed E-state index contributed by atoms with van der Waals surface area (Å²) in [7, 11) is 1.84. The Hall–Kier alpha value is -0.900. The number of guanidine groups is 1. The summed E-state index contributed by atoms with van der Waals surface area (Å²) in [5, 5.41) is 7.04. The number of likely N-dealkylation sites (tertiary alicyclic amines) is 1. The molecule has 0 spiro atoms. The highest BCUT2D eigenvalue weighted by atomic mass is 127. The van der Waals surface area contributed by atoms with E-state index in [1.165, 1.54) is 24.0 Å². The summed E-state index contributed by atoms with van der Waals surface area (Å²) in [6.45, 7) is 9.95. The maximum Gasteiger partial charge on any atom is 0.191 e. The Labute approximate surface area is 199 Å². The van der Waals surface area contributed by atoms with Crippen LogP contribution in [0.5, 0.6) is 0 Å². The normalized spacial score (nSPS) is 19.5. The zero-order valence-corrected chi connectivity index (χ0v) is 21.1.